The Kier molecular flexibility index (Phi) is 8.48. The minimum atomic E-state index is -3.87. The molecule has 0 radical (unpaired) electrons. The number of nitrogens with one attached hydrogen (secondary N) is 1. The maximum absolute atomic E-state index is 13.4. The summed E-state index contributed by atoms with van der Waals surface area (Å²) in [6.07, 6.45) is 0.961. The van der Waals surface area contributed by atoms with Crippen LogP contribution in [-0.4, -0.2) is 49.5 Å². The van der Waals surface area contributed by atoms with Crippen molar-refractivity contribution in [3.8, 4) is 0 Å². The fourth-order valence-corrected chi connectivity index (χ4v) is 4.04. The van der Waals surface area contributed by atoms with E-state index < -0.39 is 39.9 Å². The number of hydrogen-bond donors (Lipinski definition) is 1. The molecule has 0 heterocycles. The Bertz CT molecular complexity index is 1080. The SMILES string of the molecule is C[C@@H](C(=O)NC(C)(C)C)N(Cc1ccc(Cl)cc1)C(=O)CN(c1ccc(F)cc1)S(C)(=O)=O. The lowest BCUT2D eigenvalue weighted by molar-refractivity contribution is -0.140. The molecule has 1 N–H and O–H groups in total. The van der Waals surface area contributed by atoms with Crippen LogP contribution in [0.15, 0.2) is 48.5 Å². The van der Waals surface area contributed by atoms with Gasteiger partial charge in [0.15, 0.2) is 0 Å². The predicted octanol–water partition coefficient (Wildman–Crippen LogP) is 3.58. The van der Waals surface area contributed by atoms with Crippen LogP contribution in [0.4, 0.5) is 10.1 Å². The van der Waals surface area contributed by atoms with Crippen LogP contribution in [0.1, 0.15) is 33.3 Å². The van der Waals surface area contributed by atoms with Gasteiger partial charge >= 0.3 is 0 Å². The Labute approximate surface area is 199 Å². The summed E-state index contributed by atoms with van der Waals surface area (Å²) >= 11 is 5.95. The third-order valence-corrected chi connectivity index (χ3v) is 6.12. The largest absolute Gasteiger partial charge is 0.350 e. The number of benzene rings is 2. The summed E-state index contributed by atoms with van der Waals surface area (Å²) in [5.74, 6) is -1.50. The molecule has 0 aliphatic heterocycles. The van der Waals surface area contributed by atoms with Gasteiger partial charge in [-0.15, -0.1) is 0 Å². The third kappa shape index (κ3) is 8.01. The number of nitrogens with zero attached hydrogens (tertiary/aromatic N) is 2. The minimum absolute atomic E-state index is 0.0652. The Balaban J connectivity index is 2.38. The molecule has 0 aromatic heterocycles. The normalized spacial score (nSPS) is 12.7. The van der Waals surface area contributed by atoms with Crippen LogP contribution < -0.4 is 9.62 Å². The molecule has 0 aliphatic rings. The molecule has 2 rings (SSSR count). The van der Waals surface area contributed by atoms with E-state index in [-0.39, 0.29) is 18.1 Å². The Morgan fingerprint density at radius 3 is 2.09 bits per heavy atom. The van der Waals surface area contributed by atoms with Crippen molar-refractivity contribution in [3.05, 3.63) is 64.9 Å². The van der Waals surface area contributed by atoms with E-state index in [0.29, 0.717) is 5.02 Å². The van der Waals surface area contributed by atoms with Crippen molar-refractivity contribution in [1.29, 1.82) is 0 Å². The molecule has 2 amide bonds. The number of sulfonamides is 1. The van der Waals surface area contributed by atoms with Gasteiger partial charge in [0.05, 0.1) is 11.9 Å². The average molecular weight is 498 g/mol. The quantitative estimate of drug-likeness (QED) is 0.604. The van der Waals surface area contributed by atoms with Crippen molar-refractivity contribution < 1.29 is 22.4 Å². The van der Waals surface area contributed by atoms with Gasteiger partial charge in [0, 0.05) is 17.1 Å². The summed E-state index contributed by atoms with van der Waals surface area (Å²) in [6.45, 7) is 6.56. The highest BCUT2D eigenvalue weighted by Crippen LogP contribution is 2.20. The van der Waals surface area contributed by atoms with E-state index in [1.807, 2.05) is 20.8 Å². The first-order valence-electron chi connectivity index (χ1n) is 10.3. The number of rotatable bonds is 8. The zero-order valence-electron chi connectivity index (χ0n) is 19.3. The molecule has 0 aliphatic carbocycles. The second kappa shape index (κ2) is 10.5. The van der Waals surface area contributed by atoms with Crippen molar-refractivity contribution in [2.24, 2.45) is 0 Å². The molecule has 0 unspecified atom stereocenters. The summed E-state index contributed by atoms with van der Waals surface area (Å²) in [4.78, 5) is 27.5. The molecule has 0 fully saturated rings. The fourth-order valence-electron chi connectivity index (χ4n) is 3.06. The van der Waals surface area contributed by atoms with Gasteiger partial charge in [-0.3, -0.25) is 13.9 Å². The number of carbonyl (C=O) groups is 2. The maximum atomic E-state index is 13.4. The van der Waals surface area contributed by atoms with Crippen LogP contribution in [0.2, 0.25) is 5.02 Å². The van der Waals surface area contributed by atoms with Crippen LogP contribution in [0, 0.1) is 5.82 Å². The number of amides is 2. The molecule has 2 aromatic rings. The molecule has 0 saturated carbocycles. The lowest BCUT2D eigenvalue weighted by atomic mass is 10.1. The van der Waals surface area contributed by atoms with Crippen LogP contribution in [-0.2, 0) is 26.2 Å². The molecule has 0 bridgehead atoms. The Hall–Kier alpha value is -2.65. The monoisotopic (exact) mass is 497 g/mol. The molecule has 0 spiro atoms. The smallest absolute Gasteiger partial charge is 0.244 e. The molecular weight excluding hydrogens is 469 g/mol. The number of halogens is 2. The van der Waals surface area contributed by atoms with Crippen LogP contribution >= 0.6 is 11.6 Å². The molecule has 0 saturated heterocycles. The molecule has 180 valence electrons. The number of carbonyl (C=O) groups excluding carboxylic acids is 2. The highest BCUT2D eigenvalue weighted by atomic mass is 35.5. The van der Waals surface area contributed by atoms with Crippen molar-refractivity contribution >= 4 is 39.1 Å². The summed E-state index contributed by atoms with van der Waals surface area (Å²) in [7, 11) is -3.87. The zero-order valence-corrected chi connectivity index (χ0v) is 20.9. The lowest BCUT2D eigenvalue weighted by Crippen LogP contribution is -2.54. The predicted molar refractivity (Wildman–Crippen MR) is 128 cm³/mol. The minimum Gasteiger partial charge on any atom is -0.350 e. The topological polar surface area (TPSA) is 86.8 Å². The zero-order chi connectivity index (χ0) is 25.0. The van der Waals surface area contributed by atoms with Crippen LogP contribution in [0.25, 0.3) is 0 Å². The van der Waals surface area contributed by atoms with Crippen molar-refractivity contribution in [2.75, 3.05) is 17.1 Å². The van der Waals surface area contributed by atoms with E-state index in [1.54, 1.807) is 31.2 Å². The third-order valence-electron chi connectivity index (χ3n) is 4.73. The number of anilines is 1. The van der Waals surface area contributed by atoms with Gasteiger partial charge in [0.1, 0.15) is 18.4 Å². The van der Waals surface area contributed by atoms with Gasteiger partial charge < -0.3 is 10.2 Å². The molecule has 2 aromatic carbocycles. The summed E-state index contributed by atoms with van der Waals surface area (Å²) < 4.78 is 39.1. The van der Waals surface area contributed by atoms with Crippen molar-refractivity contribution in [3.63, 3.8) is 0 Å². The lowest BCUT2D eigenvalue weighted by Gasteiger charge is -2.33. The highest BCUT2D eigenvalue weighted by molar-refractivity contribution is 7.92. The van der Waals surface area contributed by atoms with Gasteiger partial charge in [0.2, 0.25) is 21.8 Å². The van der Waals surface area contributed by atoms with E-state index in [9.17, 15) is 22.4 Å². The summed E-state index contributed by atoms with van der Waals surface area (Å²) in [6, 6.07) is 10.7. The molecule has 7 nitrogen and oxygen atoms in total. The van der Waals surface area contributed by atoms with Crippen molar-refractivity contribution in [1.82, 2.24) is 10.2 Å². The standard InChI is InChI=1S/C23H29ClFN3O4S/c1-16(22(30)26-23(2,3)4)27(14-17-6-8-18(24)9-7-17)21(29)15-28(33(5,31)32)20-12-10-19(25)11-13-20/h6-13,16H,14-15H2,1-5H3,(H,26,30)/t16-/m0/s1. The van der Waals surface area contributed by atoms with Gasteiger partial charge in [-0.25, -0.2) is 12.8 Å². The van der Waals surface area contributed by atoms with E-state index in [2.05, 4.69) is 5.32 Å². The Morgan fingerprint density at radius 2 is 1.61 bits per heavy atom. The van der Waals surface area contributed by atoms with Gasteiger partial charge in [0.25, 0.3) is 0 Å². The second-order valence-electron chi connectivity index (χ2n) is 8.81. The van der Waals surface area contributed by atoms with E-state index in [4.69, 9.17) is 11.6 Å². The molecule has 1 atom stereocenters. The average Bonchev–Trinajstić information content (AvgIpc) is 2.69. The summed E-state index contributed by atoms with van der Waals surface area (Å²) in [5.41, 5.74) is 0.342. The highest BCUT2D eigenvalue weighted by Gasteiger charge is 2.31. The van der Waals surface area contributed by atoms with Gasteiger partial charge in [-0.2, -0.15) is 0 Å². The van der Waals surface area contributed by atoms with E-state index in [0.717, 1.165) is 28.3 Å². The van der Waals surface area contributed by atoms with Crippen LogP contribution in [0.3, 0.4) is 0 Å². The van der Waals surface area contributed by atoms with E-state index in [1.165, 1.54) is 17.0 Å². The van der Waals surface area contributed by atoms with Crippen molar-refractivity contribution in [2.45, 2.75) is 45.8 Å². The molecule has 10 heteroatoms. The number of hydrogen-bond acceptors (Lipinski definition) is 4. The maximum Gasteiger partial charge on any atom is 0.244 e. The fraction of sp³-hybridized carbons (Fsp3) is 0.391. The Morgan fingerprint density at radius 1 is 1.06 bits per heavy atom. The van der Waals surface area contributed by atoms with Gasteiger partial charge in [-0.1, -0.05) is 23.7 Å². The molecule has 33 heavy (non-hydrogen) atoms. The first-order valence-corrected chi connectivity index (χ1v) is 12.5. The summed E-state index contributed by atoms with van der Waals surface area (Å²) in [5, 5.41) is 3.37. The molecular formula is C23H29ClFN3O4S. The first kappa shape index (κ1) is 26.6. The van der Waals surface area contributed by atoms with E-state index >= 15 is 0 Å². The second-order valence-corrected chi connectivity index (χ2v) is 11.2. The van der Waals surface area contributed by atoms with Gasteiger partial charge in [-0.05, 0) is 69.7 Å². The van der Waals surface area contributed by atoms with Crippen LogP contribution in [0.5, 0.6) is 0 Å². The first-order chi connectivity index (χ1) is 15.2.